The van der Waals surface area contributed by atoms with Gasteiger partial charge in [-0.3, -0.25) is 9.59 Å². The molecule has 0 unspecified atom stereocenters. The van der Waals surface area contributed by atoms with Gasteiger partial charge in [-0.15, -0.1) is 11.3 Å². The second-order valence-corrected chi connectivity index (χ2v) is 4.93. The fourth-order valence-corrected chi connectivity index (χ4v) is 2.69. The lowest BCUT2D eigenvalue weighted by Gasteiger charge is -2.05. The topological polar surface area (TPSA) is 135 Å². The van der Waals surface area contributed by atoms with Gasteiger partial charge in [0.1, 0.15) is 9.88 Å². The van der Waals surface area contributed by atoms with E-state index in [0.29, 0.717) is 10.8 Å². The maximum atomic E-state index is 11.9. The number of nitrogen functional groups attached to an aromatic ring is 1. The Hall–Kier alpha value is -2.62. The maximum Gasteiger partial charge on any atom is 0.263 e. The van der Waals surface area contributed by atoms with Crippen LogP contribution in [0.4, 0.5) is 10.7 Å². The zero-order chi connectivity index (χ0) is 15.4. The number of thiophene rings is 1. The summed E-state index contributed by atoms with van der Waals surface area (Å²) in [6.45, 7) is 0.244. The number of amides is 2. The minimum Gasteiger partial charge on any atom is -0.397 e. The van der Waals surface area contributed by atoms with E-state index in [1.165, 1.54) is 20.5 Å². The number of anilines is 2. The highest BCUT2D eigenvalue weighted by Gasteiger charge is 2.24. The van der Waals surface area contributed by atoms with E-state index in [-0.39, 0.29) is 34.5 Å². The van der Waals surface area contributed by atoms with Crippen LogP contribution in [0.25, 0.3) is 0 Å². The van der Waals surface area contributed by atoms with Gasteiger partial charge in [-0.2, -0.15) is 4.98 Å². The third-order valence-electron chi connectivity index (χ3n) is 2.65. The second kappa shape index (κ2) is 6.22. The van der Waals surface area contributed by atoms with Gasteiger partial charge in [-0.25, -0.2) is 0 Å². The van der Waals surface area contributed by atoms with Crippen molar-refractivity contribution in [1.29, 1.82) is 0 Å². The summed E-state index contributed by atoms with van der Waals surface area (Å²) >= 11 is 1.09. The van der Waals surface area contributed by atoms with Gasteiger partial charge in [0, 0.05) is 14.1 Å². The van der Waals surface area contributed by atoms with E-state index >= 15 is 0 Å². The number of hydrogen-bond donors (Lipinski definition) is 4. The minimum atomic E-state index is -0.380. The molecule has 0 saturated heterocycles. The first kappa shape index (κ1) is 14.8. The van der Waals surface area contributed by atoms with Crippen LogP contribution in [0.5, 0.6) is 0 Å². The van der Waals surface area contributed by atoms with Gasteiger partial charge in [0.2, 0.25) is 6.39 Å². The van der Waals surface area contributed by atoms with Gasteiger partial charge in [-0.1, -0.05) is 5.16 Å². The van der Waals surface area contributed by atoms with Crippen LogP contribution in [-0.2, 0) is 6.54 Å². The van der Waals surface area contributed by atoms with E-state index in [1.54, 1.807) is 0 Å². The molecule has 2 heterocycles. The molecule has 0 radical (unpaired) electrons. The standard InChI is InChI=1S/C11H14N6O3S/c1-13-9(18)6-7(12)8(10(19)14-2)21-11(6)15-3-5-16-4-20-17-5/h4,15H,3,12H2,1-2H3,(H,13,18)(H,14,19). The summed E-state index contributed by atoms with van der Waals surface area (Å²) in [6.07, 6.45) is 1.20. The maximum absolute atomic E-state index is 11.9. The normalized spacial score (nSPS) is 10.2. The minimum absolute atomic E-state index is 0.134. The highest BCUT2D eigenvalue weighted by molar-refractivity contribution is 7.19. The Labute approximate surface area is 123 Å². The van der Waals surface area contributed by atoms with E-state index in [1.807, 2.05) is 0 Å². The van der Waals surface area contributed by atoms with Crippen molar-refractivity contribution in [3.63, 3.8) is 0 Å². The van der Waals surface area contributed by atoms with Gasteiger partial charge in [-0.05, 0) is 0 Å². The van der Waals surface area contributed by atoms with Crippen LogP contribution in [-0.4, -0.2) is 36.1 Å². The average molecular weight is 310 g/mol. The van der Waals surface area contributed by atoms with Crippen molar-refractivity contribution in [3.8, 4) is 0 Å². The fourth-order valence-electron chi connectivity index (χ4n) is 1.63. The Balaban J connectivity index is 2.33. The third kappa shape index (κ3) is 2.94. The molecule has 2 aromatic rings. The molecule has 0 fully saturated rings. The molecule has 10 heteroatoms. The van der Waals surface area contributed by atoms with E-state index in [9.17, 15) is 9.59 Å². The lowest BCUT2D eigenvalue weighted by Crippen LogP contribution is -2.21. The lowest BCUT2D eigenvalue weighted by molar-refractivity contribution is 0.0963. The van der Waals surface area contributed by atoms with Crippen molar-refractivity contribution in [1.82, 2.24) is 20.8 Å². The van der Waals surface area contributed by atoms with Gasteiger partial charge in [0.25, 0.3) is 11.8 Å². The molecule has 0 aliphatic carbocycles. The summed E-state index contributed by atoms with van der Waals surface area (Å²) in [4.78, 5) is 27.8. The van der Waals surface area contributed by atoms with Crippen LogP contribution in [0, 0.1) is 0 Å². The molecule has 0 aromatic carbocycles. The molecule has 0 saturated carbocycles. The van der Waals surface area contributed by atoms with E-state index < -0.39 is 0 Å². The third-order valence-corrected chi connectivity index (χ3v) is 3.81. The molecule has 0 spiro atoms. The summed E-state index contributed by atoms with van der Waals surface area (Å²) in [5.41, 5.74) is 6.27. The van der Waals surface area contributed by atoms with Crippen molar-refractivity contribution < 1.29 is 14.1 Å². The van der Waals surface area contributed by atoms with E-state index in [4.69, 9.17) is 5.73 Å². The summed E-state index contributed by atoms with van der Waals surface area (Å²) < 4.78 is 4.62. The molecule has 2 amide bonds. The molecule has 2 aromatic heterocycles. The zero-order valence-electron chi connectivity index (χ0n) is 11.4. The zero-order valence-corrected chi connectivity index (χ0v) is 12.2. The lowest BCUT2D eigenvalue weighted by atomic mass is 10.2. The van der Waals surface area contributed by atoms with Gasteiger partial charge >= 0.3 is 0 Å². The smallest absolute Gasteiger partial charge is 0.263 e. The van der Waals surface area contributed by atoms with Crippen molar-refractivity contribution >= 4 is 33.8 Å². The SMILES string of the molecule is CNC(=O)c1sc(NCc2ncon2)c(C(=O)NC)c1N. The van der Waals surface area contributed by atoms with Crippen LogP contribution in [0.1, 0.15) is 25.9 Å². The number of hydrogen-bond acceptors (Lipinski definition) is 8. The van der Waals surface area contributed by atoms with Crippen molar-refractivity contribution in [2.24, 2.45) is 0 Å². The molecule has 0 aliphatic heterocycles. The molecule has 9 nitrogen and oxygen atoms in total. The monoisotopic (exact) mass is 310 g/mol. The highest BCUT2D eigenvalue weighted by Crippen LogP contribution is 2.35. The first-order valence-electron chi connectivity index (χ1n) is 5.94. The molecule has 0 bridgehead atoms. The quantitative estimate of drug-likeness (QED) is 0.612. The molecular formula is C11H14N6O3S. The second-order valence-electron chi connectivity index (χ2n) is 3.91. The molecule has 0 aliphatic rings. The number of nitrogens with zero attached hydrogens (tertiary/aromatic N) is 2. The molecule has 2 rings (SSSR count). The summed E-state index contributed by atoms with van der Waals surface area (Å²) in [6, 6.07) is 0. The molecular weight excluding hydrogens is 296 g/mol. The largest absolute Gasteiger partial charge is 0.397 e. The van der Waals surface area contributed by atoms with Crippen LogP contribution >= 0.6 is 11.3 Å². The van der Waals surface area contributed by atoms with E-state index in [2.05, 4.69) is 30.6 Å². The summed E-state index contributed by atoms with van der Waals surface area (Å²) in [7, 11) is 2.98. The Kier molecular flexibility index (Phi) is 4.38. The fraction of sp³-hybridized carbons (Fsp3) is 0.273. The van der Waals surface area contributed by atoms with Gasteiger partial charge < -0.3 is 26.2 Å². The van der Waals surface area contributed by atoms with Crippen molar-refractivity contribution in [3.05, 3.63) is 22.7 Å². The molecule has 5 N–H and O–H groups in total. The van der Waals surface area contributed by atoms with Crippen LogP contribution in [0.2, 0.25) is 0 Å². The Morgan fingerprint density at radius 1 is 1.33 bits per heavy atom. The van der Waals surface area contributed by atoms with Gasteiger partial charge in [0.05, 0.1) is 17.8 Å². The van der Waals surface area contributed by atoms with Crippen LogP contribution in [0.15, 0.2) is 10.9 Å². The molecule has 21 heavy (non-hydrogen) atoms. The van der Waals surface area contributed by atoms with Crippen LogP contribution < -0.4 is 21.7 Å². The number of nitrogens with two attached hydrogens (primary N) is 1. The molecule has 112 valence electrons. The summed E-state index contributed by atoms with van der Waals surface area (Å²) in [5, 5.41) is 12.1. The Bertz CT molecular complexity index is 651. The van der Waals surface area contributed by atoms with Crippen molar-refractivity contribution in [2.75, 3.05) is 25.1 Å². The highest BCUT2D eigenvalue weighted by atomic mass is 32.1. The summed E-state index contributed by atoms with van der Waals surface area (Å²) in [5.74, 6) is -0.309. The Morgan fingerprint density at radius 3 is 2.62 bits per heavy atom. The average Bonchev–Trinajstić information content (AvgIpc) is 3.11. The van der Waals surface area contributed by atoms with Crippen molar-refractivity contribution in [2.45, 2.75) is 6.54 Å². The van der Waals surface area contributed by atoms with E-state index in [0.717, 1.165) is 11.3 Å². The van der Waals surface area contributed by atoms with Gasteiger partial charge in [0.15, 0.2) is 5.82 Å². The number of aromatic nitrogens is 2. The first-order valence-corrected chi connectivity index (χ1v) is 6.75. The number of carbonyl (C=O) groups excluding carboxylic acids is 2. The first-order chi connectivity index (χ1) is 10.1. The predicted molar refractivity (Wildman–Crippen MR) is 77.1 cm³/mol. The number of carbonyl (C=O) groups is 2. The Morgan fingerprint density at radius 2 is 2.05 bits per heavy atom. The number of rotatable bonds is 5. The predicted octanol–water partition coefficient (Wildman–Crippen LogP) is 0.0446. The molecule has 0 atom stereocenters. The number of nitrogens with one attached hydrogen (secondary N) is 3. The van der Waals surface area contributed by atoms with Crippen LogP contribution in [0.3, 0.4) is 0 Å².